The largest absolute Gasteiger partial charge is 0.386 e. The molecule has 0 saturated carbocycles. The van der Waals surface area contributed by atoms with Crippen LogP contribution in [0.1, 0.15) is 28.4 Å². The minimum absolute atomic E-state index is 0.290. The van der Waals surface area contributed by atoms with Crippen LogP contribution in [0.3, 0.4) is 0 Å². The monoisotopic (exact) mass is 282 g/mol. The first kappa shape index (κ1) is 17.1. The van der Waals surface area contributed by atoms with Crippen molar-refractivity contribution in [3.05, 3.63) is 34.4 Å². The van der Waals surface area contributed by atoms with Crippen LogP contribution in [0.5, 0.6) is 0 Å². The normalized spacial score (nSPS) is 12.7. The maximum Gasteiger partial charge on any atom is 0.103 e. The number of methoxy groups -OCH3 is 1. The van der Waals surface area contributed by atoms with Crippen molar-refractivity contribution >= 4 is 0 Å². The highest BCUT2D eigenvalue weighted by Crippen LogP contribution is 2.23. The molecule has 0 amide bonds. The molecule has 4 nitrogen and oxygen atoms in total. The Bertz CT molecular complexity index is 380. The topological polar surface area (TPSA) is 47.9 Å². The van der Waals surface area contributed by atoms with E-state index < -0.39 is 6.10 Å². The number of aliphatic hydroxyl groups is 1. The molecule has 1 aromatic carbocycles. The Morgan fingerprint density at radius 2 is 1.50 bits per heavy atom. The third-order valence-corrected chi connectivity index (χ3v) is 3.15. The smallest absolute Gasteiger partial charge is 0.103 e. The predicted octanol–water partition coefficient (Wildman–Crippen LogP) is 2.32. The van der Waals surface area contributed by atoms with Gasteiger partial charge < -0.3 is 19.3 Å². The highest BCUT2D eigenvalue weighted by molar-refractivity contribution is 5.38. The first-order chi connectivity index (χ1) is 9.56. The lowest BCUT2D eigenvalue weighted by Crippen LogP contribution is -2.14. The van der Waals surface area contributed by atoms with Crippen molar-refractivity contribution in [1.82, 2.24) is 0 Å². The molecule has 1 N–H and O–H groups in total. The van der Waals surface area contributed by atoms with E-state index in [0.29, 0.717) is 33.0 Å². The average Bonchev–Trinajstić information content (AvgIpc) is 2.36. The lowest BCUT2D eigenvalue weighted by molar-refractivity contribution is -0.00618. The summed E-state index contributed by atoms with van der Waals surface area (Å²) in [4.78, 5) is 0. The number of aryl methyl sites for hydroxylation is 3. The number of hydrogen-bond donors (Lipinski definition) is 1. The Morgan fingerprint density at radius 3 is 2.10 bits per heavy atom. The molecule has 1 rings (SSSR count). The molecule has 0 fully saturated rings. The van der Waals surface area contributed by atoms with Gasteiger partial charge in [-0.3, -0.25) is 0 Å². The Morgan fingerprint density at radius 1 is 0.950 bits per heavy atom. The van der Waals surface area contributed by atoms with Gasteiger partial charge in [-0.2, -0.15) is 0 Å². The van der Waals surface area contributed by atoms with Crippen LogP contribution in [0.15, 0.2) is 12.1 Å². The summed E-state index contributed by atoms with van der Waals surface area (Å²) in [5.41, 5.74) is 4.39. The summed E-state index contributed by atoms with van der Waals surface area (Å²) >= 11 is 0. The molecule has 0 radical (unpaired) electrons. The first-order valence-electron chi connectivity index (χ1n) is 6.96. The Hall–Kier alpha value is -0.940. The van der Waals surface area contributed by atoms with E-state index in [2.05, 4.69) is 19.1 Å². The lowest BCUT2D eigenvalue weighted by atomic mass is 9.96. The van der Waals surface area contributed by atoms with Crippen LogP contribution < -0.4 is 0 Å². The van der Waals surface area contributed by atoms with Crippen LogP contribution in [0, 0.1) is 20.8 Å². The zero-order valence-electron chi connectivity index (χ0n) is 12.9. The Labute approximate surface area is 121 Å². The minimum Gasteiger partial charge on any atom is -0.386 e. The van der Waals surface area contributed by atoms with Gasteiger partial charge in [-0.1, -0.05) is 17.7 Å². The van der Waals surface area contributed by atoms with Crippen molar-refractivity contribution in [2.24, 2.45) is 0 Å². The van der Waals surface area contributed by atoms with Crippen LogP contribution in [-0.4, -0.2) is 45.3 Å². The van der Waals surface area contributed by atoms with E-state index >= 15 is 0 Å². The van der Waals surface area contributed by atoms with Crippen LogP contribution >= 0.6 is 0 Å². The molecule has 0 bridgehead atoms. The van der Waals surface area contributed by atoms with Gasteiger partial charge in [-0.15, -0.1) is 0 Å². The molecule has 1 aromatic rings. The van der Waals surface area contributed by atoms with E-state index in [9.17, 15) is 5.11 Å². The van der Waals surface area contributed by atoms with Crippen molar-refractivity contribution < 1.29 is 19.3 Å². The second-order valence-corrected chi connectivity index (χ2v) is 5.01. The van der Waals surface area contributed by atoms with Gasteiger partial charge in [0, 0.05) is 7.11 Å². The zero-order chi connectivity index (χ0) is 15.0. The van der Waals surface area contributed by atoms with Gasteiger partial charge >= 0.3 is 0 Å². The predicted molar refractivity (Wildman–Crippen MR) is 79.1 cm³/mol. The lowest BCUT2D eigenvalue weighted by Gasteiger charge is -2.17. The number of ether oxygens (including phenoxy) is 3. The number of rotatable bonds is 9. The summed E-state index contributed by atoms with van der Waals surface area (Å²) in [6.45, 7) is 8.54. The summed E-state index contributed by atoms with van der Waals surface area (Å²) in [6.07, 6.45) is -0.588. The summed E-state index contributed by atoms with van der Waals surface area (Å²) in [5.74, 6) is 0. The van der Waals surface area contributed by atoms with Crippen LogP contribution in [-0.2, 0) is 14.2 Å². The van der Waals surface area contributed by atoms with Crippen molar-refractivity contribution in [3.8, 4) is 0 Å². The van der Waals surface area contributed by atoms with Gasteiger partial charge in [0.15, 0.2) is 0 Å². The van der Waals surface area contributed by atoms with E-state index in [1.54, 1.807) is 7.11 Å². The molecule has 0 heterocycles. The molecule has 1 atom stereocenters. The van der Waals surface area contributed by atoms with E-state index in [1.807, 2.05) is 13.8 Å². The molecular weight excluding hydrogens is 256 g/mol. The standard InChI is InChI=1S/C16H26O4/c1-12-9-13(2)16(14(3)10-12)15(17)11-20-8-7-19-6-5-18-4/h9-10,15,17H,5-8,11H2,1-4H3. The quantitative estimate of drug-likeness (QED) is 0.706. The molecule has 0 aromatic heterocycles. The zero-order valence-corrected chi connectivity index (χ0v) is 12.9. The molecular formula is C16H26O4. The number of benzene rings is 1. The highest BCUT2D eigenvalue weighted by Gasteiger charge is 2.13. The van der Waals surface area contributed by atoms with Gasteiger partial charge in [0.25, 0.3) is 0 Å². The fraction of sp³-hybridized carbons (Fsp3) is 0.625. The van der Waals surface area contributed by atoms with Gasteiger partial charge in [0.2, 0.25) is 0 Å². The molecule has 114 valence electrons. The van der Waals surface area contributed by atoms with Gasteiger partial charge in [-0.25, -0.2) is 0 Å². The van der Waals surface area contributed by atoms with Crippen molar-refractivity contribution in [2.45, 2.75) is 26.9 Å². The minimum atomic E-state index is -0.588. The average molecular weight is 282 g/mol. The van der Waals surface area contributed by atoms with E-state index in [0.717, 1.165) is 16.7 Å². The second-order valence-electron chi connectivity index (χ2n) is 5.01. The summed E-state index contributed by atoms with van der Waals surface area (Å²) in [7, 11) is 1.64. The fourth-order valence-corrected chi connectivity index (χ4v) is 2.36. The SMILES string of the molecule is COCCOCCOCC(O)c1c(C)cc(C)cc1C. The summed E-state index contributed by atoms with van der Waals surface area (Å²) in [6, 6.07) is 4.17. The first-order valence-corrected chi connectivity index (χ1v) is 6.96. The molecule has 1 unspecified atom stereocenters. The van der Waals surface area contributed by atoms with Crippen LogP contribution in [0.25, 0.3) is 0 Å². The molecule has 0 aliphatic rings. The maximum atomic E-state index is 10.2. The second kappa shape index (κ2) is 9.08. The summed E-state index contributed by atoms with van der Waals surface area (Å²) < 4.78 is 15.6. The molecule has 0 spiro atoms. The van der Waals surface area contributed by atoms with Crippen LogP contribution in [0.4, 0.5) is 0 Å². The maximum absolute atomic E-state index is 10.2. The van der Waals surface area contributed by atoms with Gasteiger partial charge in [0.1, 0.15) is 6.10 Å². The third-order valence-electron chi connectivity index (χ3n) is 3.15. The van der Waals surface area contributed by atoms with E-state index in [1.165, 1.54) is 5.56 Å². The summed E-state index contributed by atoms with van der Waals surface area (Å²) in [5, 5.41) is 10.2. The Balaban J connectivity index is 2.34. The van der Waals surface area contributed by atoms with E-state index in [4.69, 9.17) is 14.2 Å². The molecule has 0 aliphatic carbocycles. The third kappa shape index (κ3) is 5.59. The Kier molecular flexibility index (Phi) is 7.77. The number of aliphatic hydroxyl groups excluding tert-OH is 1. The van der Waals surface area contributed by atoms with Crippen molar-refractivity contribution in [3.63, 3.8) is 0 Å². The van der Waals surface area contributed by atoms with Crippen LogP contribution in [0.2, 0.25) is 0 Å². The van der Waals surface area contributed by atoms with Gasteiger partial charge in [-0.05, 0) is 37.5 Å². The molecule has 0 aliphatic heterocycles. The van der Waals surface area contributed by atoms with E-state index in [-0.39, 0.29) is 0 Å². The molecule has 20 heavy (non-hydrogen) atoms. The molecule has 0 saturated heterocycles. The van der Waals surface area contributed by atoms with Crippen molar-refractivity contribution in [1.29, 1.82) is 0 Å². The number of hydrogen-bond acceptors (Lipinski definition) is 4. The fourth-order valence-electron chi connectivity index (χ4n) is 2.36. The van der Waals surface area contributed by atoms with Crippen molar-refractivity contribution in [2.75, 3.05) is 40.1 Å². The highest BCUT2D eigenvalue weighted by atomic mass is 16.5. The molecule has 4 heteroatoms. The van der Waals surface area contributed by atoms with Gasteiger partial charge in [0.05, 0.1) is 33.0 Å².